The predicted molar refractivity (Wildman–Crippen MR) is 116 cm³/mol. The van der Waals surface area contributed by atoms with E-state index in [-0.39, 0.29) is 15.7 Å². The second-order valence-corrected chi connectivity index (χ2v) is 11.6. The fraction of sp³-hybridized carbons (Fsp3) is 0.250. The summed E-state index contributed by atoms with van der Waals surface area (Å²) in [7, 11) is -3.51. The van der Waals surface area contributed by atoms with Crippen LogP contribution in [0.4, 0.5) is 5.13 Å². The van der Waals surface area contributed by atoms with Crippen LogP contribution in [0.1, 0.15) is 4.88 Å². The van der Waals surface area contributed by atoms with E-state index in [9.17, 15) is 8.42 Å². The number of sulfone groups is 1. The van der Waals surface area contributed by atoms with E-state index < -0.39 is 9.84 Å². The Morgan fingerprint density at radius 3 is 2.81 bits per heavy atom. The standard InChI is InChI=1S/C16H15Cl2N3O2S4/c17-11-3-4-13(18)14(10-11)27(22,23)9-8-25-16-21-20-15(26-16)19-6-5-12-2-1-7-24-12/h1-4,7,10H,5-6,8-9H2,(H,19,20). The van der Waals surface area contributed by atoms with E-state index in [2.05, 4.69) is 27.0 Å². The lowest BCUT2D eigenvalue weighted by Crippen LogP contribution is -2.09. The number of nitrogens with one attached hydrogen (secondary N) is 1. The molecule has 2 heterocycles. The molecule has 0 fully saturated rings. The Bertz CT molecular complexity index is 991. The number of halogens is 2. The number of anilines is 1. The van der Waals surface area contributed by atoms with Gasteiger partial charge in [-0.1, -0.05) is 52.4 Å². The van der Waals surface area contributed by atoms with Gasteiger partial charge in [0.1, 0.15) is 0 Å². The zero-order valence-electron chi connectivity index (χ0n) is 13.9. The van der Waals surface area contributed by atoms with E-state index in [0.29, 0.717) is 10.8 Å². The van der Waals surface area contributed by atoms with Crippen molar-refractivity contribution in [3.63, 3.8) is 0 Å². The molecule has 5 nitrogen and oxygen atoms in total. The molecule has 0 saturated carbocycles. The number of hydrogen-bond donors (Lipinski definition) is 1. The minimum absolute atomic E-state index is 0.0571. The Kier molecular flexibility index (Phi) is 7.41. The molecule has 3 aromatic rings. The largest absolute Gasteiger partial charge is 0.360 e. The average Bonchev–Trinajstić information content (AvgIpc) is 3.29. The number of rotatable bonds is 9. The van der Waals surface area contributed by atoms with Gasteiger partial charge in [-0.2, -0.15) is 0 Å². The molecule has 0 aliphatic rings. The third-order valence-electron chi connectivity index (χ3n) is 3.44. The van der Waals surface area contributed by atoms with Gasteiger partial charge in [-0.25, -0.2) is 8.42 Å². The van der Waals surface area contributed by atoms with E-state index in [4.69, 9.17) is 23.2 Å². The van der Waals surface area contributed by atoms with E-state index in [1.54, 1.807) is 17.4 Å². The van der Waals surface area contributed by atoms with Gasteiger partial charge in [0.05, 0.1) is 15.7 Å². The average molecular weight is 480 g/mol. The first-order valence-corrected chi connectivity index (χ1v) is 12.9. The van der Waals surface area contributed by atoms with Crippen molar-refractivity contribution in [3.05, 3.63) is 50.6 Å². The summed E-state index contributed by atoms with van der Waals surface area (Å²) in [5, 5.41) is 14.7. The Balaban J connectivity index is 1.49. The van der Waals surface area contributed by atoms with Crippen molar-refractivity contribution in [3.8, 4) is 0 Å². The van der Waals surface area contributed by atoms with Crippen LogP contribution in [0.5, 0.6) is 0 Å². The maximum absolute atomic E-state index is 12.5. The molecule has 0 spiro atoms. The first-order valence-electron chi connectivity index (χ1n) is 7.84. The number of nitrogens with zero attached hydrogens (tertiary/aromatic N) is 2. The molecular weight excluding hydrogens is 465 g/mol. The number of benzene rings is 1. The van der Waals surface area contributed by atoms with Crippen molar-refractivity contribution in [2.75, 3.05) is 23.4 Å². The molecule has 0 atom stereocenters. The van der Waals surface area contributed by atoms with Crippen LogP contribution < -0.4 is 5.32 Å². The molecule has 27 heavy (non-hydrogen) atoms. The van der Waals surface area contributed by atoms with Crippen LogP contribution in [0, 0.1) is 0 Å². The molecular formula is C16H15Cl2N3O2S4. The molecule has 0 saturated heterocycles. The van der Waals surface area contributed by atoms with Crippen LogP contribution in [-0.2, 0) is 16.3 Å². The highest BCUT2D eigenvalue weighted by molar-refractivity contribution is 8.02. The highest BCUT2D eigenvalue weighted by atomic mass is 35.5. The van der Waals surface area contributed by atoms with Crippen molar-refractivity contribution in [1.82, 2.24) is 10.2 Å². The molecule has 0 aliphatic heterocycles. The normalized spacial score (nSPS) is 11.6. The molecule has 0 amide bonds. The second-order valence-electron chi connectivity index (χ2n) is 5.37. The molecule has 0 radical (unpaired) electrons. The highest BCUT2D eigenvalue weighted by Gasteiger charge is 2.19. The van der Waals surface area contributed by atoms with Gasteiger partial charge >= 0.3 is 0 Å². The first kappa shape index (κ1) is 20.9. The summed E-state index contributed by atoms with van der Waals surface area (Å²) < 4.78 is 25.6. The first-order chi connectivity index (χ1) is 12.9. The van der Waals surface area contributed by atoms with Gasteiger partial charge in [-0.3, -0.25) is 0 Å². The summed E-state index contributed by atoms with van der Waals surface area (Å²) in [5.74, 6) is 0.299. The van der Waals surface area contributed by atoms with E-state index >= 15 is 0 Å². The van der Waals surface area contributed by atoms with Crippen molar-refractivity contribution < 1.29 is 8.42 Å². The van der Waals surface area contributed by atoms with Crippen molar-refractivity contribution in [1.29, 1.82) is 0 Å². The van der Waals surface area contributed by atoms with Gasteiger partial charge < -0.3 is 5.32 Å². The van der Waals surface area contributed by atoms with Crippen LogP contribution in [0.2, 0.25) is 10.0 Å². The van der Waals surface area contributed by atoms with Gasteiger partial charge in [0.15, 0.2) is 14.2 Å². The van der Waals surface area contributed by atoms with Crippen molar-refractivity contribution in [2.45, 2.75) is 15.7 Å². The van der Waals surface area contributed by atoms with Crippen molar-refractivity contribution >= 4 is 72.6 Å². The Labute approximate surface area is 180 Å². The van der Waals surface area contributed by atoms with E-state index in [1.807, 2.05) is 6.07 Å². The molecule has 0 bridgehead atoms. The Morgan fingerprint density at radius 2 is 2.04 bits per heavy atom. The lowest BCUT2D eigenvalue weighted by atomic mass is 10.3. The minimum atomic E-state index is -3.51. The maximum atomic E-state index is 12.5. The molecule has 144 valence electrons. The SMILES string of the molecule is O=S(=O)(CCSc1nnc(NCCc2cccs2)s1)c1cc(Cl)ccc1Cl. The van der Waals surface area contributed by atoms with Crippen LogP contribution >= 0.6 is 57.6 Å². The topological polar surface area (TPSA) is 72.0 Å². The fourth-order valence-electron chi connectivity index (χ4n) is 2.15. The number of thioether (sulfide) groups is 1. The van der Waals surface area contributed by atoms with Crippen molar-refractivity contribution in [2.24, 2.45) is 0 Å². The summed E-state index contributed by atoms with van der Waals surface area (Å²) in [4.78, 5) is 1.37. The fourth-order valence-corrected chi connectivity index (χ4v) is 7.17. The summed E-state index contributed by atoms with van der Waals surface area (Å²) in [5.41, 5.74) is 0. The van der Waals surface area contributed by atoms with E-state index in [0.717, 1.165) is 22.4 Å². The second kappa shape index (κ2) is 9.58. The number of thiophene rings is 1. The quantitative estimate of drug-likeness (QED) is 0.429. The number of hydrogen-bond acceptors (Lipinski definition) is 8. The number of aromatic nitrogens is 2. The Morgan fingerprint density at radius 1 is 1.19 bits per heavy atom. The minimum Gasteiger partial charge on any atom is -0.360 e. The molecule has 3 rings (SSSR count). The smallest absolute Gasteiger partial charge is 0.206 e. The molecule has 2 aromatic heterocycles. The lowest BCUT2D eigenvalue weighted by Gasteiger charge is -2.06. The monoisotopic (exact) mass is 479 g/mol. The van der Waals surface area contributed by atoms with Crippen LogP contribution in [0.3, 0.4) is 0 Å². The van der Waals surface area contributed by atoms with Gasteiger partial charge in [-0.15, -0.1) is 21.5 Å². The molecule has 1 N–H and O–H groups in total. The molecule has 0 unspecified atom stereocenters. The highest BCUT2D eigenvalue weighted by Crippen LogP contribution is 2.29. The van der Waals surface area contributed by atoms with Crippen LogP contribution in [0.25, 0.3) is 0 Å². The summed E-state index contributed by atoms with van der Waals surface area (Å²) in [6, 6.07) is 8.56. The maximum Gasteiger partial charge on any atom is 0.206 e. The van der Waals surface area contributed by atoms with Crippen LogP contribution in [0.15, 0.2) is 44.9 Å². The zero-order valence-corrected chi connectivity index (χ0v) is 18.7. The summed E-state index contributed by atoms with van der Waals surface area (Å²) in [6.07, 6.45) is 0.929. The third kappa shape index (κ3) is 6.07. The van der Waals surface area contributed by atoms with Crippen LogP contribution in [-0.4, -0.2) is 36.7 Å². The molecule has 1 aromatic carbocycles. The summed E-state index contributed by atoms with van der Waals surface area (Å²) in [6.45, 7) is 0.779. The summed E-state index contributed by atoms with van der Waals surface area (Å²) >= 11 is 16.4. The van der Waals surface area contributed by atoms with E-state index in [1.165, 1.54) is 40.1 Å². The van der Waals surface area contributed by atoms with Gasteiger partial charge in [0.25, 0.3) is 0 Å². The zero-order chi connectivity index (χ0) is 19.3. The van der Waals surface area contributed by atoms with Gasteiger partial charge in [0, 0.05) is 22.2 Å². The molecule has 0 aliphatic carbocycles. The van der Waals surface area contributed by atoms with Gasteiger partial charge in [-0.05, 0) is 36.1 Å². The Hall–Kier alpha value is -0.840. The molecule has 11 heteroatoms. The third-order valence-corrected chi connectivity index (χ3v) is 9.08. The predicted octanol–water partition coefficient (Wildman–Crippen LogP) is 5.13. The lowest BCUT2D eigenvalue weighted by molar-refractivity contribution is 0.597. The van der Waals surface area contributed by atoms with Gasteiger partial charge in [0.2, 0.25) is 5.13 Å².